The molecule has 5 heteroatoms. The minimum atomic E-state index is -0.498. The molecule has 144 valence electrons. The topological polar surface area (TPSA) is 37.3 Å². The lowest BCUT2D eigenvalue weighted by Crippen LogP contribution is -2.41. The van der Waals surface area contributed by atoms with E-state index in [9.17, 15) is 9.18 Å². The number of hydrogen-bond acceptors (Lipinski definition) is 2. The van der Waals surface area contributed by atoms with Gasteiger partial charge >= 0.3 is 0 Å². The predicted molar refractivity (Wildman–Crippen MR) is 107 cm³/mol. The van der Waals surface area contributed by atoms with Crippen molar-refractivity contribution < 1.29 is 9.18 Å². The number of amides is 1. The monoisotopic (exact) mass is 377 g/mol. The van der Waals surface area contributed by atoms with Gasteiger partial charge in [0.2, 0.25) is 0 Å². The summed E-state index contributed by atoms with van der Waals surface area (Å²) in [7, 11) is 2.01. The van der Waals surface area contributed by atoms with E-state index in [1.165, 1.54) is 23.3 Å². The van der Waals surface area contributed by atoms with Crippen molar-refractivity contribution >= 4 is 5.91 Å². The van der Waals surface area contributed by atoms with Gasteiger partial charge in [0.15, 0.2) is 0 Å². The molecule has 0 bridgehead atoms. The summed E-state index contributed by atoms with van der Waals surface area (Å²) in [6.45, 7) is 2.18. The quantitative estimate of drug-likeness (QED) is 0.736. The van der Waals surface area contributed by atoms with E-state index in [1.807, 2.05) is 19.3 Å². The number of carbonyl (C=O) groups excluding carboxylic acids is 1. The Kier molecular flexibility index (Phi) is 5.26. The van der Waals surface area contributed by atoms with Crippen molar-refractivity contribution in [1.82, 2.24) is 14.8 Å². The summed E-state index contributed by atoms with van der Waals surface area (Å²) in [6, 6.07) is 18.7. The fourth-order valence-electron chi connectivity index (χ4n) is 3.95. The maximum atomic E-state index is 13.9. The highest BCUT2D eigenvalue weighted by Gasteiger charge is 2.27. The number of rotatable bonds is 5. The van der Waals surface area contributed by atoms with Crippen LogP contribution in [0.3, 0.4) is 0 Å². The Morgan fingerprint density at radius 1 is 1.07 bits per heavy atom. The minimum Gasteiger partial charge on any atom is -0.353 e. The maximum absolute atomic E-state index is 13.9. The summed E-state index contributed by atoms with van der Waals surface area (Å²) < 4.78 is 16.0. The van der Waals surface area contributed by atoms with Crippen LogP contribution in [-0.4, -0.2) is 28.5 Å². The first-order valence-corrected chi connectivity index (χ1v) is 9.58. The molecule has 0 radical (unpaired) electrons. The Bertz CT molecular complexity index is 981. The van der Waals surface area contributed by atoms with Crippen LogP contribution in [-0.2, 0) is 20.0 Å². The number of benzene rings is 2. The first kappa shape index (κ1) is 18.4. The van der Waals surface area contributed by atoms with Crippen molar-refractivity contribution in [3.05, 3.63) is 95.1 Å². The molecule has 1 atom stereocenters. The van der Waals surface area contributed by atoms with Gasteiger partial charge < -0.3 is 9.88 Å². The number of aryl methyl sites for hydroxylation is 1. The molecule has 0 saturated heterocycles. The number of nitrogens with zero attached hydrogens (tertiary/aromatic N) is 2. The summed E-state index contributed by atoms with van der Waals surface area (Å²) >= 11 is 0. The van der Waals surface area contributed by atoms with Gasteiger partial charge in [0.05, 0.1) is 11.6 Å². The van der Waals surface area contributed by atoms with E-state index in [1.54, 1.807) is 12.1 Å². The predicted octanol–water partition coefficient (Wildman–Crippen LogP) is 3.69. The standard InChI is InChI=1S/C23H24FN3O/c1-26-13-6-11-21(26)22(15-25-23(28)19-9-4-5-10-20(19)24)27-14-12-17-7-2-3-8-18(17)16-27/h2-11,13,22H,12,14-16H2,1H3,(H,25,28). The van der Waals surface area contributed by atoms with Crippen molar-refractivity contribution in [1.29, 1.82) is 0 Å². The Hall–Kier alpha value is -2.92. The first-order valence-electron chi connectivity index (χ1n) is 9.58. The van der Waals surface area contributed by atoms with Gasteiger partial charge in [-0.25, -0.2) is 4.39 Å². The molecule has 0 fully saturated rings. The Morgan fingerprint density at radius 3 is 2.57 bits per heavy atom. The molecule has 2 heterocycles. The summed E-state index contributed by atoms with van der Waals surface area (Å²) in [5.74, 6) is -0.878. The molecule has 4 nitrogen and oxygen atoms in total. The van der Waals surface area contributed by atoms with E-state index in [0.717, 1.165) is 25.2 Å². The zero-order chi connectivity index (χ0) is 19.5. The van der Waals surface area contributed by atoms with Crippen molar-refractivity contribution in [3.8, 4) is 0 Å². The molecule has 0 aliphatic carbocycles. The minimum absolute atomic E-state index is 0.0177. The molecular weight excluding hydrogens is 353 g/mol. The first-order chi connectivity index (χ1) is 13.6. The second-order valence-corrected chi connectivity index (χ2v) is 7.24. The fraction of sp³-hybridized carbons (Fsp3) is 0.261. The number of halogens is 1. The summed E-state index contributed by atoms with van der Waals surface area (Å²) in [6.07, 6.45) is 3.00. The van der Waals surface area contributed by atoms with E-state index in [2.05, 4.69) is 45.1 Å². The average molecular weight is 377 g/mol. The maximum Gasteiger partial charge on any atom is 0.254 e. The molecule has 1 N–H and O–H groups in total. The van der Waals surface area contributed by atoms with Gasteiger partial charge in [-0.2, -0.15) is 0 Å². The second kappa shape index (κ2) is 7.98. The van der Waals surface area contributed by atoms with E-state index in [-0.39, 0.29) is 17.5 Å². The van der Waals surface area contributed by atoms with Crippen LogP contribution in [0, 0.1) is 5.82 Å². The van der Waals surface area contributed by atoms with Crippen LogP contribution in [0.2, 0.25) is 0 Å². The average Bonchev–Trinajstić information content (AvgIpc) is 3.14. The number of aromatic nitrogens is 1. The Balaban J connectivity index is 1.55. The molecule has 1 amide bonds. The van der Waals surface area contributed by atoms with Crippen LogP contribution in [0.25, 0.3) is 0 Å². The van der Waals surface area contributed by atoms with E-state index in [0.29, 0.717) is 6.54 Å². The van der Waals surface area contributed by atoms with Crippen LogP contribution in [0.4, 0.5) is 4.39 Å². The lowest BCUT2D eigenvalue weighted by Gasteiger charge is -2.36. The van der Waals surface area contributed by atoms with Gasteiger partial charge in [-0.3, -0.25) is 9.69 Å². The lowest BCUT2D eigenvalue weighted by atomic mass is 9.97. The van der Waals surface area contributed by atoms with Gasteiger partial charge in [-0.15, -0.1) is 0 Å². The highest BCUT2D eigenvalue weighted by Crippen LogP contribution is 2.27. The zero-order valence-electron chi connectivity index (χ0n) is 15.9. The third-order valence-electron chi connectivity index (χ3n) is 5.50. The Labute approximate surface area is 164 Å². The van der Waals surface area contributed by atoms with Crippen molar-refractivity contribution in [2.45, 2.75) is 19.0 Å². The molecule has 1 aliphatic heterocycles. The molecule has 28 heavy (non-hydrogen) atoms. The van der Waals surface area contributed by atoms with E-state index < -0.39 is 5.82 Å². The van der Waals surface area contributed by atoms with Crippen molar-refractivity contribution in [2.75, 3.05) is 13.1 Å². The molecule has 1 unspecified atom stereocenters. The van der Waals surface area contributed by atoms with Gasteiger partial charge in [0.1, 0.15) is 5.82 Å². The van der Waals surface area contributed by atoms with Crippen molar-refractivity contribution in [2.24, 2.45) is 7.05 Å². The Morgan fingerprint density at radius 2 is 1.82 bits per heavy atom. The van der Waals surface area contributed by atoms with E-state index >= 15 is 0 Å². The summed E-state index contributed by atoms with van der Waals surface area (Å²) in [5, 5.41) is 2.94. The lowest BCUT2D eigenvalue weighted by molar-refractivity contribution is 0.0921. The van der Waals surface area contributed by atoms with Crippen LogP contribution in [0.15, 0.2) is 66.9 Å². The number of fused-ring (bicyclic) bond motifs is 1. The fourth-order valence-corrected chi connectivity index (χ4v) is 3.95. The second-order valence-electron chi connectivity index (χ2n) is 7.24. The van der Waals surface area contributed by atoms with Gasteiger partial charge in [-0.1, -0.05) is 36.4 Å². The molecule has 3 aromatic rings. The van der Waals surface area contributed by atoms with Crippen molar-refractivity contribution in [3.63, 3.8) is 0 Å². The molecule has 2 aromatic carbocycles. The molecular formula is C23H24FN3O. The highest BCUT2D eigenvalue weighted by atomic mass is 19.1. The molecule has 4 rings (SSSR count). The smallest absolute Gasteiger partial charge is 0.254 e. The van der Waals surface area contributed by atoms with Crippen LogP contribution in [0.1, 0.15) is 33.2 Å². The number of hydrogen-bond donors (Lipinski definition) is 1. The van der Waals surface area contributed by atoms with Crippen LogP contribution < -0.4 is 5.32 Å². The summed E-state index contributed by atoms with van der Waals surface area (Å²) in [4.78, 5) is 14.9. The highest BCUT2D eigenvalue weighted by molar-refractivity contribution is 5.94. The van der Waals surface area contributed by atoms with Gasteiger partial charge in [-0.05, 0) is 41.8 Å². The third kappa shape index (κ3) is 3.71. The number of nitrogens with one attached hydrogen (secondary N) is 1. The molecule has 1 aliphatic rings. The normalized spacial score (nSPS) is 15.1. The van der Waals surface area contributed by atoms with Crippen LogP contribution in [0.5, 0.6) is 0 Å². The largest absolute Gasteiger partial charge is 0.353 e. The zero-order valence-corrected chi connectivity index (χ0v) is 15.9. The molecule has 1 aromatic heterocycles. The third-order valence-corrected chi connectivity index (χ3v) is 5.50. The molecule has 0 saturated carbocycles. The van der Waals surface area contributed by atoms with E-state index in [4.69, 9.17) is 0 Å². The number of carbonyl (C=O) groups is 1. The SMILES string of the molecule is Cn1cccc1C(CNC(=O)c1ccccc1F)N1CCc2ccccc2C1. The van der Waals surface area contributed by atoms with Gasteiger partial charge in [0.25, 0.3) is 5.91 Å². The molecule has 0 spiro atoms. The van der Waals surface area contributed by atoms with Crippen LogP contribution >= 0.6 is 0 Å². The van der Waals surface area contributed by atoms with Gasteiger partial charge in [0, 0.05) is 38.6 Å². The summed E-state index contributed by atoms with van der Waals surface area (Å²) in [5.41, 5.74) is 3.93.